The third-order valence-electron chi connectivity index (χ3n) is 4.47. The topological polar surface area (TPSA) is 106 Å². The van der Waals surface area contributed by atoms with Crippen LogP contribution in [0.15, 0.2) is 39.9 Å². The lowest BCUT2D eigenvalue weighted by Gasteiger charge is -2.13. The van der Waals surface area contributed by atoms with Gasteiger partial charge in [0.25, 0.3) is 0 Å². The van der Waals surface area contributed by atoms with Crippen LogP contribution in [0.1, 0.15) is 36.5 Å². The second-order valence-electron chi connectivity index (χ2n) is 6.88. The van der Waals surface area contributed by atoms with Crippen molar-refractivity contribution >= 4 is 34.0 Å². The second kappa shape index (κ2) is 12.7. The normalized spacial score (nSPS) is 10.8. The zero-order chi connectivity index (χ0) is 23.5. The van der Waals surface area contributed by atoms with Crippen molar-refractivity contribution in [3.05, 3.63) is 51.5 Å². The Balaban J connectivity index is 1.91. The number of aryl methyl sites for hydroxylation is 2. The molecule has 1 amide bonds. The molecule has 0 heterocycles. The van der Waals surface area contributed by atoms with Crippen LogP contribution in [-0.4, -0.2) is 43.5 Å². The average Bonchev–Trinajstić information content (AvgIpc) is 2.74. The van der Waals surface area contributed by atoms with Crippen LogP contribution in [0, 0.1) is 6.92 Å². The molecule has 0 bridgehead atoms. The van der Waals surface area contributed by atoms with E-state index in [0.29, 0.717) is 41.0 Å². The van der Waals surface area contributed by atoms with Crippen molar-refractivity contribution in [2.45, 2.75) is 33.1 Å². The Kier molecular flexibility index (Phi) is 10.0. The number of aliphatic carboxylic acids is 1. The molecule has 0 radical (unpaired) electrons. The van der Waals surface area contributed by atoms with Crippen molar-refractivity contribution in [2.75, 3.05) is 20.3 Å². The summed E-state index contributed by atoms with van der Waals surface area (Å²) in [5, 5.41) is 12.8. The highest BCUT2D eigenvalue weighted by Gasteiger charge is 2.13. The molecular formula is C23H27BrN2O6. The van der Waals surface area contributed by atoms with E-state index in [1.807, 2.05) is 32.0 Å². The van der Waals surface area contributed by atoms with Crippen molar-refractivity contribution in [1.82, 2.24) is 5.43 Å². The van der Waals surface area contributed by atoms with Gasteiger partial charge < -0.3 is 19.3 Å². The Labute approximate surface area is 195 Å². The van der Waals surface area contributed by atoms with Crippen LogP contribution in [0.25, 0.3) is 0 Å². The molecule has 0 saturated heterocycles. The number of halogens is 1. The van der Waals surface area contributed by atoms with Crippen LogP contribution in [0.2, 0.25) is 0 Å². The minimum Gasteiger partial charge on any atom is -0.497 e. The predicted molar refractivity (Wildman–Crippen MR) is 125 cm³/mol. The molecule has 0 saturated carbocycles. The number of carbonyl (C=O) groups excluding carboxylic acids is 1. The van der Waals surface area contributed by atoms with Crippen LogP contribution in [0.3, 0.4) is 0 Å². The van der Waals surface area contributed by atoms with Crippen molar-refractivity contribution in [3.8, 4) is 17.2 Å². The average molecular weight is 507 g/mol. The van der Waals surface area contributed by atoms with E-state index in [2.05, 4.69) is 26.5 Å². The highest BCUT2D eigenvalue weighted by Crippen LogP contribution is 2.36. The first kappa shape index (κ1) is 25.2. The van der Waals surface area contributed by atoms with E-state index in [0.717, 1.165) is 17.7 Å². The van der Waals surface area contributed by atoms with E-state index in [-0.39, 0.29) is 5.91 Å². The van der Waals surface area contributed by atoms with E-state index >= 15 is 0 Å². The number of carboxylic acids is 1. The van der Waals surface area contributed by atoms with E-state index in [1.54, 1.807) is 19.2 Å². The number of carbonyl (C=O) groups is 2. The smallest absolute Gasteiger partial charge is 0.341 e. The zero-order valence-electron chi connectivity index (χ0n) is 18.3. The molecule has 0 fully saturated rings. The van der Waals surface area contributed by atoms with Gasteiger partial charge in [-0.2, -0.15) is 5.10 Å². The summed E-state index contributed by atoms with van der Waals surface area (Å²) < 4.78 is 16.6. The Hall–Kier alpha value is -3.07. The molecule has 0 atom stereocenters. The Morgan fingerprint density at radius 1 is 1.22 bits per heavy atom. The largest absolute Gasteiger partial charge is 0.497 e. The van der Waals surface area contributed by atoms with E-state index in [4.69, 9.17) is 19.3 Å². The minimum atomic E-state index is -1.09. The molecule has 2 rings (SSSR count). The SMILES string of the molecule is CCOc1cc(/C=N\NC(=O)CCCc2ccc(OC)cc2C)cc(Br)c1OCC(=O)O. The zero-order valence-corrected chi connectivity index (χ0v) is 19.9. The fourth-order valence-electron chi connectivity index (χ4n) is 2.95. The van der Waals surface area contributed by atoms with E-state index in [9.17, 15) is 9.59 Å². The Bertz CT molecular complexity index is 977. The Morgan fingerprint density at radius 3 is 2.66 bits per heavy atom. The molecule has 9 heteroatoms. The van der Waals surface area contributed by atoms with E-state index < -0.39 is 12.6 Å². The summed E-state index contributed by atoms with van der Waals surface area (Å²) in [5.74, 6) is 0.224. The molecule has 0 spiro atoms. The predicted octanol–water partition coefficient (Wildman–Crippen LogP) is 4.10. The number of hydrogen-bond donors (Lipinski definition) is 2. The van der Waals surface area contributed by atoms with Gasteiger partial charge in [0.05, 0.1) is 24.4 Å². The summed E-state index contributed by atoms with van der Waals surface area (Å²) in [4.78, 5) is 22.9. The molecule has 0 aromatic heterocycles. The summed E-state index contributed by atoms with van der Waals surface area (Å²) in [5.41, 5.74) is 5.49. The monoisotopic (exact) mass is 506 g/mol. The van der Waals surface area contributed by atoms with Gasteiger partial charge in [-0.1, -0.05) is 6.07 Å². The maximum absolute atomic E-state index is 12.1. The number of carboxylic acid groups (broad SMARTS) is 1. The third kappa shape index (κ3) is 7.88. The Morgan fingerprint density at radius 2 is 2.00 bits per heavy atom. The molecule has 0 aliphatic rings. The number of ether oxygens (including phenoxy) is 3. The number of hydrazone groups is 1. The summed E-state index contributed by atoms with van der Waals surface area (Å²) in [6.07, 6.45) is 3.32. The molecule has 0 aliphatic heterocycles. The van der Waals surface area contributed by atoms with Gasteiger partial charge in [-0.15, -0.1) is 0 Å². The van der Waals surface area contributed by atoms with Gasteiger partial charge in [0.15, 0.2) is 18.1 Å². The van der Waals surface area contributed by atoms with Gasteiger partial charge in [-0.05, 0) is 83.6 Å². The number of rotatable bonds is 12. The lowest BCUT2D eigenvalue weighted by molar-refractivity contribution is -0.139. The number of methoxy groups -OCH3 is 1. The van der Waals surface area contributed by atoms with Gasteiger partial charge >= 0.3 is 5.97 Å². The molecule has 172 valence electrons. The van der Waals surface area contributed by atoms with Gasteiger partial charge in [-0.25, -0.2) is 10.2 Å². The van der Waals surface area contributed by atoms with Crippen molar-refractivity contribution in [3.63, 3.8) is 0 Å². The first-order valence-corrected chi connectivity index (χ1v) is 10.9. The lowest BCUT2D eigenvalue weighted by Crippen LogP contribution is -2.17. The number of nitrogens with one attached hydrogen (secondary N) is 1. The molecule has 0 aliphatic carbocycles. The molecular weight excluding hydrogens is 480 g/mol. The first-order chi connectivity index (χ1) is 15.3. The van der Waals surface area contributed by atoms with Crippen molar-refractivity contribution in [2.24, 2.45) is 5.10 Å². The van der Waals surface area contributed by atoms with Crippen LogP contribution < -0.4 is 19.6 Å². The van der Waals surface area contributed by atoms with Gasteiger partial charge in [0, 0.05) is 6.42 Å². The van der Waals surface area contributed by atoms with Gasteiger partial charge in [-0.3, -0.25) is 4.79 Å². The van der Waals surface area contributed by atoms with Crippen molar-refractivity contribution < 1.29 is 28.9 Å². The maximum atomic E-state index is 12.1. The number of nitrogens with zero attached hydrogens (tertiary/aromatic N) is 1. The molecule has 8 nitrogen and oxygen atoms in total. The summed E-state index contributed by atoms with van der Waals surface area (Å²) in [6.45, 7) is 3.72. The molecule has 0 unspecified atom stereocenters. The van der Waals surface area contributed by atoms with E-state index in [1.165, 1.54) is 11.8 Å². The standard InChI is InChI=1S/C23H27BrN2O6/c1-4-31-20-12-16(11-19(24)23(20)32-14-22(28)29)13-25-26-21(27)7-5-6-17-8-9-18(30-3)10-15(17)2/h8-13H,4-7,14H2,1-3H3,(H,26,27)(H,28,29)/b25-13-. The second-order valence-corrected chi connectivity index (χ2v) is 7.74. The van der Waals surface area contributed by atoms with Crippen LogP contribution in [-0.2, 0) is 16.0 Å². The quantitative estimate of drug-likeness (QED) is 0.331. The molecule has 2 aromatic carbocycles. The highest BCUT2D eigenvalue weighted by molar-refractivity contribution is 9.10. The fourth-order valence-corrected chi connectivity index (χ4v) is 3.52. The third-order valence-corrected chi connectivity index (χ3v) is 5.06. The number of benzene rings is 2. The maximum Gasteiger partial charge on any atom is 0.341 e. The number of hydrogen-bond acceptors (Lipinski definition) is 6. The molecule has 2 N–H and O–H groups in total. The molecule has 2 aromatic rings. The lowest BCUT2D eigenvalue weighted by atomic mass is 10.0. The summed E-state index contributed by atoms with van der Waals surface area (Å²) in [7, 11) is 1.64. The van der Waals surface area contributed by atoms with Crippen molar-refractivity contribution in [1.29, 1.82) is 0 Å². The summed E-state index contributed by atoms with van der Waals surface area (Å²) >= 11 is 3.36. The minimum absolute atomic E-state index is 0.182. The number of amides is 1. The van der Waals surface area contributed by atoms with Crippen LogP contribution in [0.4, 0.5) is 0 Å². The van der Waals surface area contributed by atoms with Crippen LogP contribution in [0.5, 0.6) is 17.2 Å². The van der Waals surface area contributed by atoms with Crippen LogP contribution >= 0.6 is 15.9 Å². The van der Waals surface area contributed by atoms with Gasteiger partial charge in [0.2, 0.25) is 5.91 Å². The summed E-state index contributed by atoms with van der Waals surface area (Å²) in [6, 6.07) is 9.27. The van der Waals surface area contributed by atoms with Gasteiger partial charge in [0.1, 0.15) is 5.75 Å². The first-order valence-electron chi connectivity index (χ1n) is 10.1. The highest BCUT2D eigenvalue weighted by atomic mass is 79.9. The molecule has 32 heavy (non-hydrogen) atoms. The fraction of sp³-hybridized carbons (Fsp3) is 0.348.